The Labute approximate surface area is 64.2 Å². The smallest absolute Gasteiger partial charge is 0.146 e. The summed E-state index contributed by atoms with van der Waals surface area (Å²) in [6.07, 6.45) is 3.27. The number of rotatable bonds is 1. The van der Waals surface area contributed by atoms with Gasteiger partial charge in [0.15, 0.2) is 0 Å². The molecule has 11 heavy (non-hydrogen) atoms. The Morgan fingerprint density at radius 1 is 1.55 bits per heavy atom. The van der Waals surface area contributed by atoms with E-state index < -0.39 is 5.54 Å². The number of pyridine rings is 1. The highest BCUT2D eigenvalue weighted by Crippen LogP contribution is 2.42. The molecule has 1 heterocycles. The van der Waals surface area contributed by atoms with E-state index in [4.69, 9.17) is 5.73 Å². The van der Waals surface area contributed by atoms with Crippen LogP contribution in [0.2, 0.25) is 0 Å². The first-order valence-corrected chi connectivity index (χ1v) is 3.62. The van der Waals surface area contributed by atoms with Gasteiger partial charge in [-0.15, -0.1) is 0 Å². The summed E-state index contributed by atoms with van der Waals surface area (Å²) >= 11 is 0. The second-order valence-corrected chi connectivity index (χ2v) is 2.99. The van der Waals surface area contributed by atoms with Gasteiger partial charge >= 0.3 is 0 Å². The zero-order valence-corrected chi connectivity index (χ0v) is 6.05. The van der Waals surface area contributed by atoms with Gasteiger partial charge in [-0.25, -0.2) is 4.39 Å². The van der Waals surface area contributed by atoms with Crippen LogP contribution in [0.25, 0.3) is 0 Å². The molecule has 0 aliphatic heterocycles. The summed E-state index contributed by atoms with van der Waals surface area (Å²) < 4.78 is 13.0. The lowest BCUT2D eigenvalue weighted by Crippen LogP contribution is -2.21. The second kappa shape index (κ2) is 2.01. The summed E-state index contributed by atoms with van der Waals surface area (Å²) in [4.78, 5) is 3.91. The first kappa shape index (κ1) is 6.73. The van der Waals surface area contributed by atoms with Crippen LogP contribution in [0.15, 0.2) is 18.3 Å². The van der Waals surface area contributed by atoms with Gasteiger partial charge in [0.1, 0.15) is 5.82 Å². The summed E-state index contributed by atoms with van der Waals surface area (Å²) in [7, 11) is 0. The van der Waals surface area contributed by atoms with E-state index in [0.717, 1.165) is 12.8 Å². The summed E-state index contributed by atoms with van der Waals surface area (Å²) in [6, 6.07) is 2.97. The van der Waals surface area contributed by atoms with E-state index in [9.17, 15) is 4.39 Å². The second-order valence-electron chi connectivity index (χ2n) is 2.99. The fourth-order valence-corrected chi connectivity index (χ4v) is 1.12. The first-order chi connectivity index (χ1) is 5.22. The minimum Gasteiger partial charge on any atom is -0.320 e. The largest absolute Gasteiger partial charge is 0.320 e. The molecule has 1 saturated carbocycles. The van der Waals surface area contributed by atoms with Crippen molar-refractivity contribution in [2.45, 2.75) is 18.4 Å². The minimum atomic E-state index is -0.453. The van der Waals surface area contributed by atoms with Gasteiger partial charge in [-0.2, -0.15) is 0 Å². The molecule has 0 saturated heterocycles. The molecule has 0 amide bonds. The van der Waals surface area contributed by atoms with E-state index in [2.05, 4.69) is 4.98 Å². The summed E-state index contributed by atoms with van der Waals surface area (Å²) in [5.74, 6) is -0.285. The molecule has 2 N–H and O–H groups in total. The van der Waals surface area contributed by atoms with Crippen LogP contribution in [0.1, 0.15) is 18.5 Å². The molecule has 1 aromatic rings. The monoisotopic (exact) mass is 152 g/mol. The quantitative estimate of drug-likeness (QED) is 0.656. The van der Waals surface area contributed by atoms with Gasteiger partial charge < -0.3 is 5.73 Å². The van der Waals surface area contributed by atoms with E-state index >= 15 is 0 Å². The summed E-state index contributed by atoms with van der Waals surface area (Å²) in [6.45, 7) is 0. The minimum absolute atomic E-state index is 0.285. The molecule has 1 aromatic heterocycles. The van der Waals surface area contributed by atoms with Crippen LogP contribution >= 0.6 is 0 Å². The predicted octanol–water partition coefficient (Wildman–Crippen LogP) is 1.17. The summed E-state index contributed by atoms with van der Waals surface area (Å²) in [5, 5.41) is 0. The Bertz CT molecular complexity index is 281. The molecule has 0 unspecified atom stereocenters. The number of nitrogens with two attached hydrogens (primary N) is 1. The fraction of sp³-hybridized carbons (Fsp3) is 0.375. The Kier molecular flexibility index (Phi) is 1.23. The van der Waals surface area contributed by atoms with Gasteiger partial charge in [-0.1, -0.05) is 0 Å². The van der Waals surface area contributed by atoms with Gasteiger partial charge in [0.2, 0.25) is 0 Å². The van der Waals surface area contributed by atoms with E-state index in [1.807, 2.05) is 0 Å². The highest BCUT2D eigenvalue weighted by atomic mass is 19.1. The van der Waals surface area contributed by atoms with E-state index in [1.54, 1.807) is 12.3 Å². The van der Waals surface area contributed by atoms with Crippen LogP contribution < -0.4 is 5.73 Å². The average molecular weight is 152 g/mol. The van der Waals surface area contributed by atoms with Crippen molar-refractivity contribution in [3.63, 3.8) is 0 Å². The Morgan fingerprint density at radius 3 is 2.82 bits per heavy atom. The SMILES string of the molecule is NC1(c2ncccc2F)CC1. The van der Waals surface area contributed by atoms with Gasteiger partial charge in [-0.05, 0) is 25.0 Å². The molecule has 2 nitrogen and oxygen atoms in total. The highest BCUT2D eigenvalue weighted by molar-refractivity contribution is 5.23. The molecule has 0 spiro atoms. The van der Waals surface area contributed by atoms with Crippen LogP contribution in [0.5, 0.6) is 0 Å². The maximum Gasteiger partial charge on any atom is 0.146 e. The van der Waals surface area contributed by atoms with Crippen LogP contribution in [-0.4, -0.2) is 4.98 Å². The normalized spacial score (nSPS) is 19.8. The zero-order chi connectivity index (χ0) is 7.90. The first-order valence-electron chi connectivity index (χ1n) is 3.62. The molecule has 1 fully saturated rings. The molecule has 1 aliphatic carbocycles. The Balaban J connectivity index is 2.45. The number of nitrogens with zero attached hydrogens (tertiary/aromatic N) is 1. The van der Waals surface area contributed by atoms with Crippen molar-refractivity contribution >= 4 is 0 Å². The Morgan fingerprint density at radius 2 is 2.27 bits per heavy atom. The molecule has 3 heteroatoms. The number of hydrogen-bond acceptors (Lipinski definition) is 2. The van der Waals surface area contributed by atoms with Gasteiger partial charge in [0.05, 0.1) is 11.2 Å². The van der Waals surface area contributed by atoms with Crippen molar-refractivity contribution in [3.8, 4) is 0 Å². The molecule has 0 atom stereocenters. The number of aromatic nitrogens is 1. The van der Waals surface area contributed by atoms with Crippen molar-refractivity contribution in [2.75, 3.05) is 0 Å². The third-order valence-corrected chi connectivity index (χ3v) is 2.02. The molecule has 58 valence electrons. The standard InChI is InChI=1S/C8H9FN2/c9-6-2-1-5-11-7(6)8(10)3-4-8/h1-2,5H,3-4,10H2. The van der Waals surface area contributed by atoms with Crippen LogP contribution in [0.4, 0.5) is 4.39 Å². The van der Waals surface area contributed by atoms with Gasteiger partial charge in [0.25, 0.3) is 0 Å². The molecule has 2 rings (SSSR count). The van der Waals surface area contributed by atoms with Gasteiger partial charge in [0, 0.05) is 6.20 Å². The predicted molar refractivity (Wildman–Crippen MR) is 39.3 cm³/mol. The summed E-state index contributed by atoms with van der Waals surface area (Å²) in [5.41, 5.74) is 5.73. The van der Waals surface area contributed by atoms with E-state index in [1.165, 1.54) is 6.07 Å². The van der Waals surface area contributed by atoms with Crippen LogP contribution in [0.3, 0.4) is 0 Å². The van der Waals surface area contributed by atoms with Crippen molar-refractivity contribution < 1.29 is 4.39 Å². The lowest BCUT2D eigenvalue weighted by molar-refractivity contribution is 0.561. The molecule has 0 radical (unpaired) electrons. The van der Waals surface area contributed by atoms with E-state index in [0.29, 0.717) is 5.69 Å². The van der Waals surface area contributed by atoms with Crippen molar-refractivity contribution in [3.05, 3.63) is 29.8 Å². The third kappa shape index (κ3) is 1.01. The number of halogens is 1. The maximum atomic E-state index is 13.0. The third-order valence-electron chi connectivity index (χ3n) is 2.02. The highest BCUT2D eigenvalue weighted by Gasteiger charge is 2.43. The van der Waals surface area contributed by atoms with Crippen molar-refractivity contribution in [2.24, 2.45) is 5.73 Å². The average Bonchev–Trinajstić information content (AvgIpc) is 2.70. The molecule has 0 bridgehead atoms. The Hall–Kier alpha value is -0.960. The van der Waals surface area contributed by atoms with Crippen molar-refractivity contribution in [1.82, 2.24) is 4.98 Å². The molecular formula is C8H9FN2. The zero-order valence-electron chi connectivity index (χ0n) is 6.05. The molecule has 1 aliphatic rings. The van der Waals surface area contributed by atoms with Crippen LogP contribution in [-0.2, 0) is 5.54 Å². The topological polar surface area (TPSA) is 38.9 Å². The maximum absolute atomic E-state index is 13.0. The van der Waals surface area contributed by atoms with Crippen LogP contribution in [0, 0.1) is 5.82 Å². The fourth-order valence-electron chi connectivity index (χ4n) is 1.12. The molecular weight excluding hydrogens is 143 g/mol. The van der Waals surface area contributed by atoms with E-state index in [-0.39, 0.29) is 5.82 Å². The number of hydrogen-bond donors (Lipinski definition) is 1. The van der Waals surface area contributed by atoms with Crippen molar-refractivity contribution in [1.29, 1.82) is 0 Å². The lowest BCUT2D eigenvalue weighted by Gasteiger charge is -2.07. The molecule has 0 aromatic carbocycles. The van der Waals surface area contributed by atoms with Gasteiger partial charge in [-0.3, -0.25) is 4.98 Å². The lowest BCUT2D eigenvalue weighted by atomic mass is 10.2.